The fourth-order valence-corrected chi connectivity index (χ4v) is 8.91. The summed E-state index contributed by atoms with van der Waals surface area (Å²) in [5.41, 5.74) is 9.07. The summed E-state index contributed by atoms with van der Waals surface area (Å²) in [6.07, 6.45) is 0. The van der Waals surface area contributed by atoms with E-state index in [2.05, 4.69) is 163 Å². The fraction of sp³-hybridized carbons (Fsp3) is 0. The molecule has 0 fully saturated rings. The minimum Gasteiger partial charge on any atom is -0.455 e. The summed E-state index contributed by atoms with van der Waals surface area (Å²) in [5.74, 6) is 0. The fourth-order valence-electron chi connectivity index (χ4n) is 7.78. The number of thiophene rings is 1. The Labute approximate surface area is 290 Å². The second-order valence-electron chi connectivity index (χ2n) is 12.8. The summed E-state index contributed by atoms with van der Waals surface area (Å²) in [5, 5.41) is 9.06. The number of benzene rings is 8. The smallest absolute Gasteiger partial charge is 0.159 e. The Morgan fingerprint density at radius 3 is 1.94 bits per heavy atom. The molecular formula is C46H27NO2S. The first-order chi connectivity index (χ1) is 24.8. The predicted molar refractivity (Wildman–Crippen MR) is 212 cm³/mol. The van der Waals surface area contributed by atoms with Gasteiger partial charge in [0.2, 0.25) is 0 Å². The number of anilines is 3. The molecule has 0 saturated heterocycles. The molecule has 0 bridgehead atoms. The van der Waals surface area contributed by atoms with Crippen molar-refractivity contribution >= 4 is 103 Å². The van der Waals surface area contributed by atoms with Crippen LogP contribution in [0.4, 0.5) is 17.1 Å². The lowest BCUT2D eigenvalue weighted by Crippen LogP contribution is -2.10. The van der Waals surface area contributed by atoms with Crippen molar-refractivity contribution in [3.05, 3.63) is 164 Å². The zero-order chi connectivity index (χ0) is 32.8. The van der Waals surface area contributed by atoms with Crippen LogP contribution >= 0.6 is 11.3 Å². The van der Waals surface area contributed by atoms with Crippen LogP contribution < -0.4 is 4.90 Å². The summed E-state index contributed by atoms with van der Waals surface area (Å²) in [6.45, 7) is 0. The third-order valence-corrected chi connectivity index (χ3v) is 11.2. The number of hydrogen-bond acceptors (Lipinski definition) is 4. The van der Waals surface area contributed by atoms with E-state index in [0.717, 1.165) is 71.7 Å². The average Bonchev–Trinajstić information content (AvgIpc) is 3.87. The van der Waals surface area contributed by atoms with Gasteiger partial charge in [-0.15, -0.1) is 11.3 Å². The first-order valence-corrected chi connectivity index (χ1v) is 17.7. The van der Waals surface area contributed by atoms with Crippen molar-refractivity contribution in [2.75, 3.05) is 4.90 Å². The van der Waals surface area contributed by atoms with Crippen molar-refractivity contribution < 1.29 is 8.83 Å². The standard InChI is InChI=1S/C46H27NO2S/c1-2-10-28(11-3-1)29-20-23-31(24-21-29)47(38-17-8-15-34-36-25-22-30-12-4-5-13-32(30)44(36)49-45(34)38)37-16-9-19-40-42(37)43-41(50-40)27-26-35-33-14-6-7-18-39(33)48-46(35)43/h1-27H. The molecule has 0 saturated carbocycles. The van der Waals surface area contributed by atoms with E-state index in [0.29, 0.717) is 0 Å². The Balaban J connectivity index is 1.23. The maximum absolute atomic E-state index is 6.95. The highest BCUT2D eigenvalue weighted by atomic mass is 32.1. The number of nitrogens with zero attached hydrogens (tertiary/aromatic N) is 1. The van der Waals surface area contributed by atoms with E-state index in [-0.39, 0.29) is 0 Å². The highest BCUT2D eigenvalue weighted by molar-refractivity contribution is 7.26. The lowest BCUT2D eigenvalue weighted by molar-refractivity contribution is 0.673. The van der Waals surface area contributed by atoms with Crippen LogP contribution in [0.15, 0.2) is 173 Å². The van der Waals surface area contributed by atoms with Crippen molar-refractivity contribution in [3.8, 4) is 11.1 Å². The van der Waals surface area contributed by atoms with E-state index < -0.39 is 0 Å². The molecule has 0 unspecified atom stereocenters. The van der Waals surface area contributed by atoms with Crippen molar-refractivity contribution in [2.24, 2.45) is 0 Å². The van der Waals surface area contributed by atoms with E-state index in [1.54, 1.807) is 11.3 Å². The number of para-hydroxylation sites is 2. The Bertz CT molecular complexity index is 3090. The van der Waals surface area contributed by atoms with Crippen molar-refractivity contribution in [1.29, 1.82) is 0 Å². The van der Waals surface area contributed by atoms with Crippen molar-refractivity contribution in [3.63, 3.8) is 0 Å². The zero-order valence-corrected chi connectivity index (χ0v) is 27.6. The number of rotatable bonds is 4. The Morgan fingerprint density at radius 1 is 0.380 bits per heavy atom. The van der Waals surface area contributed by atoms with Gasteiger partial charge in [-0.3, -0.25) is 0 Å². The quantitative estimate of drug-likeness (QED) is 0.189. The summed E-state index contributed by atoms with van der Waals surface area (Å²) in [7, 11) is 0. The van der Waals surface area contributed by atoms with Crippen LogP contribution in [-0.4, -0.2) is 0 Å². The van der Waals surface area contributed by atoms with Crippen LogP contribution in [0.5, 0.6) is 0 Å². The first kappa shape index (κ1) is 27.6. The highest BCUT2D eigenvalue weighted by Crippen LogP contribution is 2.50. The van der Waals surface area contributed by atoms with Crippen LogP contribution in [-0.2, 0) is 0 Å². The largest absolute Gasteiger partial charge is 0.455 e. The lowest BCUT2D eigenvalue weighted by Gasteiger charge is -2.26. The molecule has 0 aliphatic heterocycles. The van der Waals surface area contributed by atoms with Gasteiger partial charge in [0.15, 0.2) is 5.58 Å². The minimum absolute atomic E-state index is 0.858. The normalized spacial score (nSPS) is 12.0. The van der Waals surface area contributed by atoms with Crippen LogP contribution in [0.25, 0.3) is 85.9 Å². The highest BCUT2D eigenvalue weighted by Gasteiger charge is 2.24. The molecule has 0 N–H and O–H groups in total. The molecule has 3 heterocycles. The Hall–Kier alpha value is -6.36. The molecule has 0 amide bonds. The molecule has 234 valence electrons. The minimum atomic E-state index is 0.858. The summed E-state index contributed by atoms with van der Waals surface area (Å²) >= 11 is 1.81. The number of hydrogen-bond donors (Lipinski definition) is 0. The van der Waals surface area contributed by atoms with Gasteiger partial charge in [-0.25, -0.2) is 0 Å². The predicted octanol–water partition coefficient (Wildman–Crippen LogP) is 14.1. The van der Waals surface area contributed by atoms with Gasteiger partial charge in [0.25, 0.3) is 0 Å². The molecule has 0 aliphatic carbocycles. The van der Waals surface area contributed by atoms with Gasteiger partial charge in [-0.1, -0.05) is 109 Å². The molecule has 0 atom stereocenters. The maximum Gasteiger partial charge on any atom is 0.159 e. The summed E-state index contributed by atoms with van der Waals surface area (Å²) < 4.78 is 16.0. The molecule has 0 radical (unpaired) electrons. The molecule has 8 aromatic carbocycles. The van der Waals surface area contributed by atoms with Gasteiger partial charge >= 0.3 is 0 Å². The van der Waals surface area contributed by atoms with E-state index in [9.17, 15) is 0 Å². The maximum atomic E-state index is 6.95. The SMILES string of the molecule is c1ccc(-c2ccc(N(c3cccc4c3oc3c5ccccc5ccc43)c3cccc4sc5ccc6c7ccccc7oc6c5c34)cc2)cc1. The Kier molecular flexibility index (Phi) is 5.83. The van der Waals surface area contributed by atoms with Crippen LogP contribution in [0.3, 0.4) is 0 Å². The Morgan fingerprint density at radius 2 is 1.04 bits per heavy atom. The first-order valence-electron chi connectivity index (χ1n) is 16.8. The molecule has 4 heteroatoms. The second kappa shape index (κ2) is 10.6. The topological polar surface area (TPSA) is 29.5 Å². The third kappa shape index (κ3) is 3.97. The monoisotopic (exact) mass is 657 g/mol. The van der Waals surface area contributed by atoms with Crippen LogP contribution in [0, 0.1) is 0 Å². The third-order valence-electron chi connectivity index (χ3n) is 10.1. The second-order valence-corrected chi connectivity index (χ2v) is 13.9. The molecule has 11 rings (SSSR count). The van der Waals surface area contributed by atoms with Crippen molar-refractivity contribution in [1.82, 2.24) is 0 Å². The van der Waals surface area contributed by atoms with Gasteiger partial charge in [0, 0.05) is 52.8 Å². The molecule has 50 heavy (non-hydrogen) atoms. The van der Waals surface area contributed by atoms with Gasteiger partial charge in [0.1, 0.15) is 16.7 Å². The van der Waals surface area contributed by atoms with Crippen LogP contribution in [0.1, 0.15) is 0 Å². The summed E-state index contributed by atoms with van der Waals surface area (Å²) in [6, 6.07) is 58.2. The van der Waals surface area contributed by atoms with Crippen LogP contribution in [0.2, 0.25) is 0 Å². The molecular weight excluding hydrogens is 631 g/mol. The number of fused-ring (bicyclic) bond motifs is 12. The molecule has 0 aliphatic rings. The van der Waals surface area contributed by atoms with E-state index in [1.807, 2.05) is 6.07 Å². The lowest BCUT2D eigenvalue weighted by atomic mass is 10.0. The van der Waals surface area contributed by atoms with E-state index >= 15 is 0 Å². The van der Waals surface area contributed by atoms with E-state index in [4.69, 9.17) is 8.83 Å². The number of furan rings is 2. The molecule has 3 aromatic heterocycles. The van der Waals surface area contributed by atoms with Gasteiger partial charge in [-0.05, 0) is 71.1 Å². The molecule has 3 nitrogen and oxygen atoms in total. The summed E-state index contributed by atoms with van der Waals surface area (Å²) in [4.78, 5) is 2.37. The van der Waals surface area contributed by atoms with Gasteiger partial charge in [-0.2, -0.15) is 0 Å². The van der Waals surface area contributed by atoms with Crippen molar-refractivity contribution in [2.45, 2.75) is 0 Å². The molecule has 0 spiro atoms. The van der Waals surface area contributed by atoms with E-state index in [1.165, 1.54) is 31.3 Å². The van der Waals surface area contributed by atoms with Gasteiger partial charge < -0.3 is 13.7 Å². The zero-order valence-electron chi connectivity index (χ0n) is 26.8. The molecule has 11 aromatic rings. The average molecular weight is 658 g/mol. The van der Waals surface area contributed by atoms with Gasteiger partial charge in [0.05, 0.1) is 11.4 Å².